The van der Waals surface area contributed by atoms with Crippen LogP contribution in [0.3, 0.4) is 0 Å². The molecule has 0 aliphatic rings. The standard InChI is InChI=1S/C16H9N3O3S/c17-9-12(16-18-13-3-1-2-4-14(13)23-16)15(20)10-5-7-11(8-6-10)19(21)22/h1-8,20H/b15-12+. The number of benzene rings is 2. The number of rotatable bonds is 3. The second kappa shape index (κ2) is 5.87. The van der Waals surface area contributed by atoms with Crippen LogP contribution in [0.15, 0.2) is 48.5 Å². The Bertz CT molecular complexity index is 935. The molecule has 0 unspecified atom stereocenters. The lowest BCUT2D eigenvalue weighted by Crippen LogP contribution is -1.92. The van der Waals surface area contributed by atoms with Crippen molar-refractivity contribution in [3.8, 4) is 6.07 Å². The summed E-state index contributed by atoms with van der Waals surface area (Å²) < 4.78 is 0.909. The maximum absolute atomic E-state index is 10.7. The highest BCUT2D eigenvalue weighted by molar-refractivity contribution is 7.19. The molecule has 0 bridgehead atoms. The molecule has 0 fully saturated rings. The summed E-state index contributed by atoms with van der Waals surface area (Å²) in [4.78, 5) is 14.5. The maximum Gasteiger partial charge on any atom is 0.269 e. The van der Waals surface area contributed by atoms with Crippen LogP contribution in [0, 0.1) is 21.4 Å². The summed E-state index contributed by atoms with van der Waals surface area (Å²) >= 11 is 1.30. The summed E-state index contributed by atoms with van der Waals surface area (Å²) in [6, 6.07) is 14.7. The molecule has 3 aromatic rings. The van der Waals surface area contributed by atoms with Crippen LogP contribution >= 0.6 is 11.3 Å². The first-order valence-corrected chi connectivity index (χ1v) is 7.36. The van der Waals surface area contributed by atoms with Gasteiger partial charge in [0.1, 0.15) is 22.4 Å². The van der Waals surface area contributed by atoms with E-state index < -0.39 is 4.92 Å². The van der Waals surface area contributed by atoms with Crippen molar-refractivity contribution in [2.24, 2.45) is 0 Å². The Balaban J connectivity index is 2.08. The zero-order valence-electron chi connectivity index (χ0n) is 11.6. The SMILES string of the molecule is N#C/C(=C(\O)c1ccc([N+](=O)[O-])cc1)c1nc2ccccc2s1. The smallest absolute Gasteiger partial charge is 0.269 e. The molecule has 0 saturated heterocycles. The van der Waals surface area contributed by atoms with Gasteiger partial charge in [-0.25, -0.2) is 4.98 Å². The molecule has 1 N–H and O–H groups in total. The number of aliphatic hydroxyl groups excluding tert-OH is 1. The van der Waals surface area contributed by atoms with Crippen LogP contribution in [-0.2, 0) is 0 Å². The minimum atomic E-state index is -0.525. The van der Waals surface area contributed by atoms with Crippen LogP contribution in [-0.4, -0.2) is 15.0 Å². The molecule has 0 aliphatic carbocycles. The largest absolute Gasteiger partial charge is 0.506 e. The number of thiazole rings is 1. The van der Waals surface area contributed by atoms with Crippen molar-refractivity contribution in [1.82, 2.24) is 4.98 Å². The molecule has 0 aliphatic heterocycles. The van der Waals surface area contributed by atoms with Crippen molar-refractivity contribution in [2.75, 3.05) is 0 Å². The van der Waals surface area contributed by atoms with Gasteiger partial charge in [-0.15, -0.1) is 11.3 Å². The van der Waals surface area contributed by atoms with Gasteiger partial charge in [-0.05, 0) is 24.3 Å². The summed E-state index contributed by atoms with van der Waals surface area (Å²) in [5, 5.41) is 30.8. The van der Waals surface area contributed by atoms with Gasteiger partial charge >= 0.3 is 0 Å². The predicted octanol–water partition coefficient (Wildman–Crippen LogP) is 4.15. The topological polar surface area (TPSA) is 100 Å². The number of fused-ring (bicyclic) bond motifs is 1. The van der Waals surface area contributed by atoms with Gasteiger partial charge in [0.2, 0.25) is 0 Å². The number of nitriles is 1. The number of aromatic nitrogens is 1. The molecule has 0 atom stereocenters. The Kier molecular flexibility index (Phi) is 3.75. The normalized spacial score (nSPS) is 11.8. The lowest BCUT2D eigenvalue weighted by Gasteiger charge is -2.02. The van der Waals surface area contributed by atoms with Crippen molar-refractivity contribution in [3.63, 3.8) is 0 Å². The van der Waals surface area contributed by atoms with E-state index in [1.807, 2.05) is 30.3 Å². The summed E-state index contributed by atoms with van der Waals surface area (Å²) in [6.07, 6.45) is 0. The second-order valence-electron chi connectivity index (χ2n) is 4.63. The average Bonchev–Trinajstić information content (AvgIpc) is 2.99. The Morgan fingerprint density at radius 2 is 1.91 bits per heavy atom. The third-order valence-electron chi connectivity index (χ3n) is 3.21. The van der Waals surface area contributed by atoms with Crippen molar-refractivity contribution in [3.05, 3.63) is 69.2 Å². The molecule has 7 heteroatoms. The predicted molar refractivity (Wildman–Crippen MR) is 87.8 cm³/mol. The molecule has 0 saturated carbocycles. The van der Waals surface area contributed by atoms with Crippen LogP contribution in [0.1, 0.15) is 10.6 Å². The number of aliphatic hydroxyl groups is 1. The number of nitro groups is 1. The molecule has 3 rings (SSSR count). The van der Waals surface area contributed by atoms with Crippen LogP contribution in [0.2, 0.25) is 0 Å². The molecule has 0 amide bonds. The number of nitro benzene ring substituents is 1. The molecule has 23 heavy (non-hydrogen) atoms. The van der Waals surface area contributed by atoms with E-state index in [0.717, 1.165) is 10.2 Å². The summed E-state index contributed by atoms with van der Waals surface area (Å²) in [6.45, 7) is 0. The van der Waals surface area contributed by atoms with E-state index in [2.05, 4.69) is 4.98 Å². The highest BCUT2D eigenvalue weighted by Crippen LogP contribution is 2.31. The van der Waals surface area contributed by atoms with E-state index in [0.29, 0.717) is 10.6 Å². The number of allylic oxidation sites excluding steroid dienone is 1. The monoisotopic (exact) mass is 323 g/mol. The summed E-state index contributed by atoms with van der Waals surface area (Å²) in [7, 11) is 0. The quantitative estimate of drug-likeness (QED) is 0.338. The second-order valence-corrected chi connectivity index (χ2v) is 5.66. The van der Waals surface area contributed by atoms with Gasteiger partial charge in [-0.3, -0.25) is 10.1 Å². The minimum absolute atomic E-state index is 0.0417. The highest BCUT2D eigenvalue weighted by atomic mass is 32.1. The Morgan fingerprint density at radius 3 is 2.52 bits per heavy atom. The Morgan fingerprint density at radius 1 is 1.22 bits per heavy atom. The molecule has 0 radical (unpaired) electrons. The Labute approximate surface area is 134 Å². The van der Waals surface area contributed by atoms with Gasteiger partial charge in [0.25, 0.3) is 5.69 Å². The van der Waals surface area contributed by atoms with Gasteiger partial charge in [0, 0.05) is 17.7 Å². The number of hydrogen-bond donors (Lipinski definition) is 1. The van der Waals surface area contributed by atoms with E-state index in [1.165, 1.54) is 35.6 Å². The molecule has 6 nitrogen and oxygen atoms in total. The zero-order valence-corrected chi connectivity index (χ0v) is 12.4. The number of para-hydroxylation sites is 1. The average molecular weight is 323 g/mol. The van der Waals surface area contributed by atoms with Gasteiger partial charge in [0.05, 0.1) is 15.1 Å². The molecule has 112 valence electrons. The van der Waals surface area contributed by atoms with Crippen LogP contribution in [0.5, 0.6) is 0 Å². The third-order valence-corrected chi connectivity index (χ3v) is 4.26. The highest BCUT2D eigenvalue weighted by Gasteiger charge is 2.16. The maximum atomic E-state index is 10.7. The van der Waals surface area contributed by atoms with Crippen molar-refractivity contribution < 1.29 is 10.0 Å². The van der Waals surface area contributed by atoms with E-state index in [4.69, 9.17) is 0 Å². The first-order valence-electron chi connectivity index (χ1n) is 6.54. The molecular weight excluding hydrogens is 314 g/mol. The van der Waals surface area contributed by atoms with Gasteiger partial charge in [0.15, 0.2) is 0 Å². The van der Waals surface area contributed by atoms with Crippen molar-refractivity contribution in [1.29, 1.82) is 5.26 Å². The zero-order chi connectivity index (χ0) is 16.4. The fourth-order valence-corrected chi connectivity index (χ4v) is 3.03. The van der Waals surface area contributed by atoms with Gasteiger partial charge in [-0.1, -0.05) is 12.1 Å². The van der Waals surface area contributed by atoms with E-state index in [9.17, 15) is 20.5 Å². The van der Waals surface area contributed by atoms with Crippen molar-refractivity contribution >= 4 is 38.6 Å². The fraction of sp³-hybridized carbons (Fsp3) is 0. The van der Waals surface area contributed by atoms with Crippen molar-refractivity contribution in [2.45, 2.75) is 0 Å². The van der Waals surface area contributed by atoms with Crippen LogP contribution in [0.25, 0.3) is 21.5 Å². The molecular formula is C16H9N3O3S. The first kappa shape index (κ1) is 14.7. The molecule has 2 aromatic carbocycles. The van der Waals surface area contributed by atoms with Crippen LogP contribution < -0.4 is 0 Å². The van der Waals surface area contributed by atoms with Gasteiger partial charge < -0.3 is 5.11 Å². The molecule has 0 spiro atoms. The minimum Gasteiger partial charge on any atom is -0.506 e. The van der Waals surface area contributed by atoms with E-state index in [-0.39, 0.29) is 17.0 Å². The Hall–Kier alpha value is -3.24. The number of nitrogens with zero attached hydrogens (tertiary/aromatic N) is 3. The summed E-state index contributed by atoms with van der Waals surface area (Å²) in [5.41, 5.74) is 1.03. The number of non-ortho nitro benzene ring substituents is 1. The first-order chi connectivity index (χ1) is 11.1. The molecule has 1 heterocycles. The number of hydrogen-bond acceptors (Lipinski definition) is 6. The fourth-order valence-electron chi connectivity index (χ4n) is 2.07. The van der Waals surface area contributed by atoms with Crippen LogP contribution in [0.4, 0.5) is 5.69 Å². The van der Waals surface area contributed by atoms with E-state index in [1.54, 1.807) is 0 Å². The lowest BCUT2D eigenvalue weighted by molar-refractivity contribution is -0.384. The van der Waals surface area contributed by atoms with E-state index >= 15 is 0 Å². The summed E-state index contributed by atoms with van der Waals surface area (Å²) in [5.74, 6) is -0.249. The van der Waals surface area contributed by atoms with Gasteiger partial charge in [-0.2, -0.15) is 5.26 Å². The molecule has 1 aromatic heterocycles. The lowest BCUT2D eigenvalue weighted by atomic mass is 10.1. The third kappa shape index (κ3) is 2.75.